The first kappa shape index (κ1) is 16.5. The predicted molar refractivity (Wildman–Crippen MR) is 92.5 cm³/mol. The van der Waals surface area contributed by atoms with E-state index in [0.717, 1.165) is 17.8 Å². The van der Waals surface area contributed by atoms with Crippen molar-refractivity contribution in [3.05, 3.63) is 35.9 Å². The molecule has 1 aliphatic carbocycles. The largest absolute Gasteiger partial charge is 0.316 e. The van der Waals surface area contributed by atoms with Crippen LogP contribution >= 0.6 is 0 Å². The highest BCUT2D eigenvalue weighted by Crippen LogP contribution is 2.36. The lowest BCUT2D eigenvalue weighted by Gasteiger charge is -2.35. The number of hydrogen-bond donors (Lipinski definition) is 1. The van der Waals surface area contributed by atoms with E-state index in [9.17, 15) is 0 Å². The van der Waals surface area contributed by atoms with Gasteiger partial charge in [0.1, 0.15) is 0 Å². The quantitative estimate of drug-likeness (QED) is 0.659. The van der Waals surface area contributed by atoms with E-state index >= 15 is 0 Å². The molecule has 0 bridgehead atoms. The molecule has 1 N–H and O–H groups in total. The molecule has 0 saturated heterocycles. The van der Waals surface area contributed by atoms with Gasteiger partial charge in [0.2, 0.25) is 0 Å². The van der Waals surface area contributed by atoms with Crippen LogP contribution < -0.4 is 5.32 Å². The zero-order valence-corrected chi connectivity index (χ0v) is 14.0. The lowest BCUT2D eigenvalue weighted by Crippen LogP contribution is -2.33. The normalized spacial score (nSPS) is 25.9. The van der Waals surface area contributed by atoms with Crippen LogP contribution in [0.25, 0.3) is 0 Å². The molecule has 1 aromatic rings. The molecule has 1 heteroatoms. The van der Waals surface area contributed by atoms with Crippen LogP contribution in [0.15, 0.2) is 30.3 Å². The Morgan fingerprint density at radius 3 is 2.67 bits per heavy atom. The van der Waals surface area contributed by atoms with E-state index in [2.05, 4.69) is 49.5 Å². The molecule has 21 heavy (non-hydrogen) atoms. The second-order valence-corrected chi connectivity index (χ2v) is 7.02. The van der Waals surface area contributed by atoms with Crippen molar-refractivity contribution in [2.75, 3.05) is 13.1 Å². The topological polar surface area (TPSA) is 12.0 Å². The SMILES string of the molecule is CCCNCC1CCC(C)CC1CCCc1ccccc1. The summed E-state index contributed by atoms with van der Waals surface area (Å²) in [6, 6.07) is 11.0. The minimum atomic E-state index is 0.920. The molecule has 0 aromatic heterocycles. The third-order valence-electron chi connectivity index (χ3n) is 5.12. The van der Waals surface area contributed by atoms with E-state index < -0.39 is 0 Å². The maximum atomic E-state index is 3.66. The number of benzene rings is 1. The van der Waals surface area contributed by atoms with E-state index in [-0.39, 0.29) is 0 Å². The Kier molecular flexibility index (Phi) is 7.29. The van der Waals surface area contributed by atoms with Crippen LogP contribution in [0, 0.1) is 17.8 Å². The summed E-state index contributed by atoms with van der Waals surface area (Å²) in [5, 5.41) is 3.66. The molecule has 0 aliphatic heterocycles. The van der Waals surface area contributed by atoms with Crippen molar-refractivity contribution in [1.29, 1.82) is 0 Å². The Bertz CT molecular complexity index is 373. The summed E-state index contributed by atoms with van der Waals surface area (Å²) in [6.07, 6.45) is 9.60. The fourth-order valence-electron chi connectivity index (χ4n) is 3.86. The summed E-state index contributed by atoms with van der Waals surface area (Å²) in [5.74, 6) is 2.81. The molecule has 2 rings (SSSR count). The van der Waals surface area contributed by atoms with Crippen molar-refractivity contribution >= 4 is 0 Å². The van der Waals surface area contributed by atoms with Gasteiger partial charge in [0.25, 0.3) is 0 Å². The van der Waals surface area contributed by atoms with Crippen LogP contribution in [0.5, 0.6) is 0 Å². The Balaban J connectivity index is 1.76. The minimum Gasteiger partial charge on any atom is -0.316 e. The van der Waals surface area contributed by atoms with E-state index in [1.165, 1.54) is 63.6 Å². The fourth-order valence-corrected chi connectivity index (χ4v) is 3.86. The van der Waals surface area contributed by atoms with Gasteiger partial charge in [-0.15, -0.1) is 0 Å². The third-order valence-corrected chi connectivity index (χ3v) is 5.12. The first-order chi connectivity index (χ1) is 10.3. The van der Waals surface area contributed by atoms with E-state index in [4.69, 9.17) is 0 Å². The van der Waals surface area contributed by atoms with Gasteiger partial charge in [-0.2, -0.15) is 0 Å². The van der Waals surface area contributed by atoms with Crippen molar-refractivity contribution in [3.63, 3.8) is 0 Å². The van der Waals surface area contributed by atoms with Gasteiger partial charge in [-0.3, -0.25) is 0 Å². The second kappa shape index (κ2) is 9.25. The molecular formula is C20H33N. The van der Waals surface area contributed by atoms with Crippen molar-refractivity contribution in [2.24, 2.45) is 17.8 Å². The molecule has 1 fully saturated rings. The first-order valence-corrected chi connectivity index (χ1v) is 9.04. The van der Waals surface area contributed by atoms with Gasteiger partial charge >= 0.3 is 0 Å². The van der Waals surface area contributed by atoms with Gasteiger partial charge in [-0.1, -0.05) is 50.6 Å². The maximum Gasteiger partial charge on any atom is -0.00179 e. The van der Waals surface area contributed by atoms with Crippen LogP contribution in [0.4, 0.5) is 0 Å². The van der Waals surface area contributed by atoms with Gasteiger partial charge in [-0.25, -0.2) is 0 Å². The molecular weight excluding hydrogens is 254 g/mol. The molecule has 1 saturated carbocycles. The molecule has 3 atom stereocenters. The molecule has 118 valence electrons. The summed E-state index contributed by atoms with van der Waals surface area (Å²) >= 11 is 0. The number of aryl methyl sites for hydroxylation is 1. The number of rotatable bonds is 8. The van der Waals surface area contributed by atoms with Gasteiger partial charge in [0.15, 0.2) is 0 Å². The highest BCUT2D eigenvalue weighted by Gasteiger charge is 2.27. The molecule has 1 nitrogen and oxygen atoms in total. The molecule has 3 unspecified atom stereocenters. The molecule has 0 radical (unpaired) electrons. The minimum absolute atomic E-state index is 0.920. The lowest BCUT2D eigenvalue weighted by atomic mass is 9.72. The molecule has 1 aliphatic rings. The Morgan fingerprint density at radius 2 is 1.90 bits per heavy atom. The van der Waals surface area contributed by atoms with Crippen molar-refractivity contribution in [3.8, 4) is 0 Å². The molecule has 0 amide bonds. The number of hydrogen-bond acceptors (Lipinski definition) is 1. The highest BCUT2D eigenvalue weighted by atomic mass is 14.9. The van der Waals surface area contributed by atoms with Crippen molar-refractivity contribution in [2.45, 2.75) is 58.8 Å². The molecule has 0 spiro atoms. The van der Waals surface area contributed by atoms with E-state index in [1.807, 2.05) is 0 Å². The average Bonchev–Trinajstić information content (AvgIpc) is 2.51. The van der Waals surface area contributed by atoms with Gasteiger partial charge in [0, 0.05) is 0 Å². The van der Waals surface area contributed by atoms with Crippen LogP contribution in [-0.4, -0.2) is 13.1 Å². The van der Waals surface area contributed by atoms with Gasteiger partial charge < -0.3 is 5.32 Å². The van der Waals surface area contributed by atoms with E-state index in [0.29, 0.717) is 0 Å². The third kappa shape index (κ3) is 5.82. The van der Waals surface area contributed by atoms with Crippen LogP contribution in [-0.2, 0) is 6.42 Å². The monoisotopic (exact) mass is 287 g/mol. The summed E-state index contributed by atoms with van der Waals surface area (Å²) in [5.41, 5.74) is 1.50. The Hall–Kier alpha value is -0.820. The summed E-state index contributed by atoms with van der Waals surface area (Å²) in [4.78, 5) is 0. The molecule has 1 aromatic carbocycles. The summed E-state index contributed by atoms with van der Waals surface area (Å²) in [6.45, 7) is 7.13. The highest BCUT2D eigenvalue weighted by molar-refractivity contribution is 5.14. The average molecular weight is 287 g/mol. The molecule has 0 heterocycles. The fraction of sp³-hybridized carbons (Fsp3) is 0.700. The van der Waals surface area contributed by atoms with Crippen LogP contribution in [0.1, 0.15) is 57.9 Å². The number of nitrogens with one attached hydrogen (secondary N) is 1. The van der Waals surface area contributed by atoms with E-state index in [1.54, 1.807) is 0 Å². The predicted octanol–water partition coefficient (Wildman–Crippen LogP) is 5.06. The smallest absolute Gasteiger partial charge is 0.00179 e. The zero-order valence-electron chi connectivity index (χ0n) is 14.0. The lowest BCUT2D eigenvalue weighted by molar-refractivity contribution is 0.172. The summed E-state index contributed by atoms with van der Waals surface area (Å²) in [7, 11) is 0. The van der Waals surface area contributed by atoms with Crippen LogP contribution in [0.2, 0.25) is 0 Å². The van der Waals surface area contributed by atoms with Gasteiger partial charge in [-0.05, 0) is 74.9 Å². The zero-order chi connectivity index (χ0) is 14.9. The Morgan fingerprint density at radius 1 is 1.10 bits per heavy atom. The van der Waals surface area contributed by atoms with Crippen LogP contribution in [0.3, 0.4) is 0 Å². The summed E-state index contributed by atoms with van der Waals surface area (Å²) < 4.78 is 0. The second-order valence-electron chi connectivity index (χ2n) is 7.02. The standard InChI is InChI=1S/C20H33N/c1-3-14-21-16-20-13-12-17(2)15-19(20)11-7-10-18-8-5-4-6-9-18/h4-6,8-9,17,19-21H,3,7,10-16H2,1-2H3. The van der Waals surface area contributed by atoms with Crippen molar-refractivity contribution < 1.29 is 0 Å². The van der Waals surface area contributed by atoms with Gasteiger partial charge in [0.05, 0.1) is 0 Å². The first-order valence-electron chi connectivity index (χ1n) is 9.04. The Labute approximate surface area is 131 Å². The maximum absolute atomic E-state index is 3.66. The van der Waals surface area contributed by atoms with Crippen molar-refractivity contribution in [1.82, 2.24) is 5.32 Å².